The van der Waals surface area contributed by atoms with Crippen LogP contribution in [0.4, 0.5) is 0 Å². The third-order valence-corrected chi connectivity index (χ3v) is 2.04. The molecule has 0 bridgehead atoms. The maximum atomic E-state index is 5.76. The van der Waals surface area contributed by atoms with Gasteiger partial charge in [-0.2, -0.15) is 0 Å². The molecule has 0 saturated heterocycles. The predicted octanol–water partition coefficient (Wildman–Crippen LogP) is 2.52. The maximum Gasteiger partial charge on any atom is 0.0127 e. The number of fused-ring (bicyclic) bond motifs is 1. The van der Waals surface area contributed by atoms with Crippen LogP contribution in [0.3, 0.4) is 0 Å². The first-order valence-electron chi connectivity index (χ1n) is 4.07. The summed E-state index contributed by atoms with van der Waals surface area (Å²) in [7, 11) is 0. The number of rotatable bonds is 0. The molecule has 0 fully saturated rings. The first kappa shape index (κ1) is 9.87. The molecule has 0 spiro atoms. The van der Waals surface area contributed by atoms with Gasteiger partial charge in [-0.25, -0.2) is 0 Å². The second kappa shape index (κ2) is 4.15. The summed E-state index contributed by atoms with van der Waals surface area (Å²) < 4.78 is 0. The molecule has 0 saturated carbocycles. The molecule has 0 aromatic heterocycles. The monoisotopic (exact) mass is 193 g/mol. The number of hydrogen-bond acceptors (Lipinski definition) is 1. The molecule has 0 atom stereocenters. The third kappa shape index (κ3) is 2.13. The van der Waals surface area contributed by atoms with Crippen molar-refractivity contribution in [3.63, 3.8) is 0 Å². The van der Waals surface area contributed by atoms with E-state index >= 15 is 0 Å². The Labute approximate surface area is 84.4 Å². The lowest BCUT2D eigenvalue weighted by Crippen LogP contribution is -2.00. The molecule has 1 aromatic carbocycles. The van der Waals surface area contributed by atoms with E-state index in [1.54, 1.807) is 0 Å². The van der Waals surface area contributed by atoms with Gasteiger partial charge in [0.05, 0.1) is 0 Å². The van der Waals surface area contributed by atoms with Crippen molar-refractivity contribution in [2.45, 2.75) is 6.42 Å². The second-order valence-corrected chi connectivity index (χ2v) is 2.98. The van der Waals surface area contributed by atoms with Crippen LogP contribution >= 0.6 is 12.4 Å². The lowest BCUT2D eigenvalue weighted by atomic mass is 10.0. The van der Waals surface area contributed by atoms with E-state index in [9.17, 15) is 0 Å². The van der Waals surface area contributed by atoms with Crippen LogP contribution in [0.1, 0.15) is 11.1 Å². The van der Waals surface area contributed by atoms with E-state index in [0.717, 1.165) is 12.1 Å². The Bertz CT molecular complexity index is 353. The van der Waals surface area contributed by atoms with Gasteiger partial charge < -0.3 is 5.73 Å². The fourth-order valence-corrected chi connectivity index (χ4v) is 1.41. The highest BCUT2D eigenvalue weighted by Gasteiger charge is 2.01. The van der Waals surface area contributed by atoms with Crippen LogP contribution in [-0.4, -0.2) is 0 Å². The first-order chi connectivity index (χ1) is 5.86. The van der Waals surface area contributed by atoms with Crippen molar-refractivity contribution in [3.05, 3.63) is 53.2 Å². The molecule has 1 aromatic rings. The van der Waals surface area contributed by atoms with Crippen molar-refractivity contribution < 1.29 is 0 Å². The third-order valence-electron chi connectivity index (χ3n) is 2.04. The summed E-state index contributed by atoms with van der Waals surface area (Å²) in [6.07, 6.45) is 6.92. The maximum absolute atomic E-state index is 5.76. The molecule has 0 radical (unpaired) electrons. The highest BCUT2D eigenvalue weighted by molar-refractivity contribution is 5.85. The summed E-state index contributed by atoms with van der Waals surface area (Å²) in [6.45, 7) is 0. The molecule has 0 amide bonds. The van der Waals surface area contributed by atoms with E-state index < -0.39 is 0 Å². The van der Waals surface area contributed by atoms with Crippen LogP contribution in [0.15, 0.2) is 42.1 Å². The SMILES string of the molecule is Cl.NC1=CC=Cc2ccccc2C1. The summed E-state index contributed by atoms with van der Waals surface area (Å²) in [5.74, 6) is 0. The molecule has 1 aliphatic carbocycles. The van der Waals surface area contributed by atoms with Gasteiger partial charge in [0.2, 0.25) is 0 Å². The van der Waals surface area contributed by atoms with Crippen molar-refractivity contribution in [1.29, 1.82) is 0 Å². The highest BCUT2D eigenvalue weighted by atomic mass is 35.5. The zero-order valence-electron chi connectivity index (χ0n) is 7.23. The molecule has 1 aliphatic rings. The molecular weight excluding hydrogens is 182 g/mol. The Morgan fingerprint density at radius 1 is 1.15 bits per heavy atom. The lowest BCUT2D eigenvalue weighted by molar-refractivity contribution is 1.11. The molecule has 2 heteroatoms. The van der Waals surface area contributed by atoms with Gasteiger partial charge >= 0.3 is 0 Å². The Balaban J connectivity index is 0.000000845. The molecule has 0 heterocycles. The fraction of sp³-hybridized carbons (Fsp3) is 0.0909. The summed E-state index contributed by atoms with van der Waals surface area (Å²) >= 11 is 0. The molecule has 0 aliphatic heterocycles. The van der Waals surface area contributed by atoms with E-state index in [1.807, 2.05) is 24.3 Å². The standard InChI is InChI=1S/C11H11N.ClH/c12-11-7-3-6-9-4-1-2-5-10(9)8-11;/h1-7H,8,12H2;1H. The van der Waals surface area contributed by atoms with Crippen LogP contribution in [-0.2, 0) is 6.42 Å². The van der Waals surface area contributed by atoms with Gasteiger partial charge in [-0.15, -0.1) is 12.4 Å². The van der Waals surface area contributed by atoms with Crippen molar-refractivity contribution in [1.82, 2.24) is 0 Å². The molecule has 1 nitrogen and oxygen atoms in total. The average Bonchev–Trinajstić information content (AvgIpc) is 2.25. The Morgan fingerprint density at radius 3 is 2.77 bits per heavy atom. The van der Waals surface area contributed by atoms with E-state index in [4.69, 9.17) is 5.73 Å². The van der Waals surface area contributed by atoms with E-state index in [0.29, 0.717) is 0 Å². The molecule has 68 valence electrons. The average molecular weight is 194 g/mol. The molecule has 13 heavy (non-hydrogen) atoms. The van der Waals surface area contributed by atoms with E-state index in [2.05, 4.69) is 18.2 Å². The normalized spacial score (nSPS) is 13.7. The zero-order valence-corrected chi connectivity index (χ0v) is 8.05. The van der Waals surface area contributed by atoms with Gasteiger partial charge in [-0.1, -0.05) is 36.4 Å². The quantitative estimate of drug-likeness (QED) is 0.673. The predicted molar refractivity (Wildman–Crippen MR) is 58.7 cm³/mol. The van der Waals surface area contributed by atoms with Crippen molar-refractivity contribution >= 4 is 18.5 Å². The van der Waals surface area contributed by atoms with Gasteiger partial charge in [-0.05, 0) is 17.2 Å². The molecular formula is C11H12ClN. The van der Waals surface area contributed by atoms with Gasteiger partial charge in [0.15, 0.2) is 0 Å². The zero-order chi connectivity index (χ0) is 8.39. The number of hydrogen-bond donors (Lipinski definition) is 1. The van der Waals surface area contributed by atoms with Crippen LogP contribution in [0.5, 0.6) is 0 Å². The Morgan fingerprint density at radius 2 is 1.92 bits per heavy atom. The van der Waals surface area contributed by atoms with Crippen LogP contribution in [0, 0.1) is 0 Å². The number of allylic oxidation sites excluding steroid dienone is 3. The van der Waals surface area contributed by atoms with Crippen molar-refractivity contribution in [2.24, 2.45) is 5.73 Å². The topological polar surface area (TPSA) is 26.0 Å². The smallest absolute Gasteiger partial charge is 0.0127 e. The van der Waals surface area contributed by atoms with Crippen LogP contribution < -0.4 is 5.73 Å². The summed E-state index contributed by atoms with van der Waals surface area (Å²) in [4.78, 5) is 0. The van der Waals surface area contributed by atoms with Gasteiger partial charge in [0.1, 0.15) is 0 Å². The minimum absolute atomic E-state index is 0. The van der Waals surface area contributed by atoms with Gasteiger partial charge in [-0.3, -0.25) is 0 Å². The molecule has 2 N–H and O–H groups in total. The summed E-state index contributed by atoms with van der Waals surface area (Å²) in [5, 5.41) is 0. The van der Waals surface area contributed by atoms with E-state index in [-0.39, 0.29) is 12.4 Å². The second-order valence-electron chi connectivity index (χ2n) is 2.98. The van der Waals surface area contributed by atoms with Gasteiger partial charge in [0, 0.05) is 12.1 Å². The minimum Gasteiger partial charge on any atom is -0.402 e. The van der Waals surface area contributed by atoms with Gasteiger partial charge in [0.25, 0.3) is 0 Å². The number of benzene rings is 1. The van der Waals surface area contributed by atoms with Crippen molar-refractivity contribution in [2.75, 3.05) is 0 Å². The largest absolute Gasteiger partial charge is 0.402 e. The minimum atomic E-state index is 0. The van der Waals surface area contributed by atoms with Crippen LogP contribution in [0.25, 0.3) is 6.08 Å². The van der Waals surface area contributed by atoms with Crippen LogP contribution in [0.2, 0.25) is 0 Å². The lowest BCUT2D eigenvalue weighted by Gasteiger charge is -2.02. The molecule has 2 rings (SSSR count). The highest BCUT2D eigenvalue weighted by Crippen LogP contribution is 2.16. The van der Waals surface area contributed by atoms with Crippen molar-refractivity contribution in [3.8, 4) is 0 Å². The molecule has 0 unspecified atom stereocenters. The number of halogens is 1. The summed E-state index contributed by atoms with van der Waals surface area (Å²) in [5.41, 5.74) is 9.26. The summed E-state index contributed by atoms with van der Waals surface area (Å²) in [6, 6.07) is 8.32. The van der Waals surface area contributed by atoms with E-state index in [1.165, 1.54) is 11.1 Å². The fourth-order valence-electron chi connectivity index (χ4n) is 1.41. The first-order valence-corrected chi connectivity index (χ1v) is 4.07. The Hall–Kier alpha value is -1.21. The Kier molecular flexibility index (Phi) is 3.15. The number of nitrogens with two attached hydrogens (primary N) is 1.